The first-order valence-corrected chi connectivity index (χ1v) is 10.1. The predicted octanol–water partition coefficient (Wildman–Crippen LogP) is -0.347. The van der Waals surface area contributed by atoms with Gasteiger partial charge in [-0.1, -0.05) is 18.3 Å². The molecule has 29 heavy (non-hydrogen) atoms. The van der Waals surface area contributed by atoms with Crippen LogP contribution in [-0.4, -0.2) is 49.6 Å². The number of aromatic nitrogens is 2. The van der Waals surface area contributed by atoms with E-state index in [1.807, 2.05) is 33.8 Å². The molecule has 154 valence electrons. The van der Waals surface area contributed by atoms with Gasteiger partial charge in [-0.2, -0.15) is 4.40 Å². The summed E-state index contributed by atoms with van der Waals surface area (Å²) in [6, 6.07) is -0.939. The van der Waals surface area contributed by atoms with Gasteiger partial charge in [-0.05, 0) is 6.92 Å². The van der Waals surface area contributed by atoms with Crippen LogP contribution >= 0.6 is 11.3 Å². The Hall–Kier alpha value is -2.92. The minimum Gasteiger partial charge on any atom is -0.477 e. The number of carbonyl (C=O) groups excluding carboxylic acids is 2. The molecule has 4 atom stereocenters. The van der Waals surface area contributed by atoms with Crippen molar-refractivity contribution in [3.63, 3.8) is 0 Å². The number of aliphatic carboxylic acids is 1. The van der Waals surface area contributed by atoms with Crippen LogP contribution in [-0.2, 0) is 22.7 Å². The number of amides is 3. The van der Waals surface area contributed by atoms with Crippen molar-refractivity contribution in [2.24, 2.45) is 17.6 Å². The minimum absolute atomic E-state index is 0.0158. The molecule has 1 fully saturated rings. The van der Waals surface area contributed by atoms with Gasteiger partial charge in [-0.25, -0.2) is 14.2 Å². The number of hydrogen-bond donors (Lipinski definition) is 4. The van der Waals surface area contributed by atoms with Crippen LogP contribution in [0.1, 0.15) is 19.5 Å². The zero-order valence-electron chi connectivity index (χ0n) is 15.9. The average Bonchev–Trinajstić information content (AvgIpc) is 3.25. The summed E-state index contributed by atoms with van der Waals surface area (Å²) in [6.07, 6.45) is 2.89. The smallest absolute Gasteiger partial charge is 0.352 e. The van der Waals surface area contributed by atoms with E-state index >= 15 is 0 Å². The van der Waals surface area contributed by atoms with Gasteiger partial charge >= 0.3 is 12.0 Å². The summed E-state index contributed by atoms with van der Waals surface area (Å²) in [5.41, 5.74) is 6.65. The fourth-order valence-electron chi connectivity index (χ4n) is 4.37. The zero-order valence-corrected chi connectivity index (χ0v) is 16.7. The van der Waals surface area contributed by atoms with E-state index in [9.17, 15) is 24.6 Å². The van der Waals surface area contributed by atoms with E-state index < -0.39 is 24.0 Å². The average molecular weight is 420 g/mol. The van der Waals surface area contributed by atoms with Gasteiger partial charge in [0.05, 0.1) is 24.6 Å². The van der Waals surface area contributed by atoms with Crippen molar-refractivity contribution in [3.05, 3.63) is 34.9 Å². The largest absolute Gasteiger partial charge is 0.477 e. The highest BCUT2D eigenvalue weighted by Gasteiger charge is 2.60. The van der Waals surface area contributed by atoms with Crippen LogP contribution in [0, 0.1) is 11.8 Å². The summed E-state index contributed by atoms with van der Waals surface area (Å²) in [5.74, 6) is -2.24. The highest BCUT2D eigenvalue weighted by Crippen LogP contribution is 2.47. The Morgan fingerprint density at radius 3 is 2.79 bits per heavy atom. The topological polar surface area (TPSA) is 141 Å². The molecule has 3 amide bonds. The number of imidazole rings is 1. The van der Waals surface area contributed by atoms with Crippen molar-refractivity contribution in [1.82, 2.24) is 14.6 Å². The van der Waals surface area contributed by atoms with E-state index in [4.69, 9.17) is 5.73 Å². The number of hydrogen-bond acceptors (Lipinski definition) is 5. The van der Waals surface area contributed by atoms with Crippen molar-refractivity contribution in [1.29, 1.82) is 0 Å². The summed E-state index contributed by atoms with van der Waals surface area (Å²) in [5, 5.41) is 24.1. The zero-order chi connectivity index (χ0) is 21.0. The second kappa shape index (κ2) is 6.85. The van der Waals surface area contributed by atoms with Gasteiger partial charge in [0.1, 0.15) is 24.1 Å². The van der Waals surface area contributed by atoms with Crippen molar-refractivity contribution >= 4 is 34.1 Å². The van der Waals surface area contributed by atoms with Crippen LogP contribution in [0.2, 0.25) is 0 Å². The number of aliphatic hydroxyl groups is 1. The van der Waals surface area contributed by atoms with Crippen LogP contribution < -0.4 is 15.6 Å². The van der Waals surface area contributed by atoms with Gasteiger partial charge in [-0.3, -0.25) is 4.79 Å². The molecule has 2 aliphatic heterocycles. The third kappa shape index (κ3) is 2.97. The molecule has 5 N–H and O–H groups in total. The monoisotopic (exact) mass is 420 g/mol. The molecule has 2 aliphatic rings. The minimum atomic E-state index is -1.14. The maximum Gasteiger partial charge on any atom is 0.352 e. The Morgan fingerprint density at radius 1 is 1.45 bits per heavy atom. The summed E-state index contributed by atoms with van der Waals surface area (Å²) in [6.45, 7) is 4.05. The molecule has 0 aromatic carbocycles. The van der Waals surface area contributed by atoms with Crippen LogP contribution in [0.25, 0.3) is 4.83 Å². The van der Waals surface area contributed by atoms with Gasteiger partial charge in [0.25, 0.3) is 0 Å². The van der Waals surface area contributed by atoms with E-state index in [0.29, 0.717) is 12.1 Å². The number of nitrogens with two attached hydrogens (primary N) is 1. The number of urea groups is 1. The number of carbonyl (C=O) groups is 3. The lowest BCUT2D eigenvalue weighted by atomic mass is 9.78. The predicted molar refractivity (Wildman–Crippen MR) is 102 cm³/mol. The van der Waals surface area contributed by atoms with E-state index in [1.54, 1.807) is 6.92 Å². The molecule has 1 saturated heterocycles. The quantitative estimate of drug-likeness (QED) is 0.373. The number of β-lactam (4-membered cyclic amide) rings is 1. The molecule has 2 aromatic heterocycles. The third-order valence-corrected chi connectivity index (χ3v) is 6.65. The molecule has 0 saturated carbocycles. The fourth-order valence-corrected chi connectivity index (χ4v) is 5.30. The SMILES string of the molecule is C[C@@H](O)[C@H]1C(=O)N2C(C(=O)O)=C(C[n+]3cc4scc(CNC(N)=O)n4c3)[C@H](C)[C@H]12. The maximum atomic E-state index is 12.4. The van der Waals surface area contributed by atoms with Crippen molar-refractivity contribution < 1.29 is 29.2 Å². The fraction of sp³-hybridized carbons (Fsp3) is 0.444. The number of thiazole rings is 1. The van der Waals surface area contributed by atoms with Crippen molar-refractivity contribution in [2.45, 2.75) is 39.1 Å². The molecule has 4 rings (SSSR count). The van der Waals surface area contributed by atoms with Crippen LogP contribution in [0.15, 0.2) is 29.2 Å². The summed E-state index contributed by atoms with van der Waals surface area (Å²) in [7, 11) is 0. The summed E-state index contributed by atoms with van der Waals surface area (Å²) >= 11 is 1.49. The highest BCUT2D eigenvalue weighted by molar-refractivity contribution is 7.15. The van der Waals surface area contributed by atoms with E-state index in [0.717, 1.165) is 10.5 Å². The number of aliphatic hydroxyl groups excluding tert-OH is 1. The van der Waals surface area contributed by atoms with Gasteiger partial charge in [0.15, 0.2) is 0 Å². The molecule has 0 spiro atoms. The molecule has 0 radical (unpaired) electrons. The molecule has 0 aliphatic carbocycles. The molecule has 0 unspecified atom stereocenters. The molecular weight excluding hydrogens is 398 g/mol. The van der Waals surface area contributed by atoms with Crippen molar-refractivity contribution in [3.8, 4) is 0 Å². The molecule has 11 heteroatoms. The first-order chi connectivity index (χ1) is 13.7. The number of carboxylic acids is 1. The Balaban J connectivity index is 1.64. The number of primary amides is 1. The second-order valence-electron chi connectivity index (χ2n) is 7.50. The Bertz CT molecular complexity index is 1050. The molecule has 4 heterocycles. The van der Waals surface area contributed by atoms with E-state index in [-0.39, 0.29) is 30.1 Å². The van der Waals surface area contributed by atoms with Crippen LogP contribution in [0.3, 0.4) is 0 Å². The third-order valence-electron chi connectivity index (χ3n) is 5.72. The standard InChI is InChI=1S/C18H21N5O5S/c1-8-11(15(17(26)27)23-14(8)13(9(2)24)16(23)25)4-21-5-12-22(7-21)10(6-29-12)3-20-18(19)28/h5-9,13-14,24H,3-4H2,1-2H3,(H3-,19,20,26,27,28)/p+1/t8-,9+,13+,14+/m0/s1. The van der Waals surface area contributed by atoms with Crippen LogP contribution in [0.5, 0.6) is 0 Å². The number of rotatable bonds is 6. The molecule has 2 aromatic rings. The summed E-state index contributed by atoms with van der Waals surface area (Å²) in [4.78, 5) is 37.5. The van der Waals surface area contributed by atoms with Gasteiger partial charge in [0.2, 0.25) is 17.1 Å². The molecular formula is C18H22N5O5S+. The normalized spacial score (nSPS) is 24.6. The van der Waals surface area contributed by atoms with Gasteiger partial charge in [-0.15, -0.1) is 0 Å². The molecule has 0 bridgehead atoms. The number of nitrogens with zero attached hydrogens (tertiary/aromatic N) is 3. The van der Waals surface area contributed by atoms with E-state index in [1.165, 1.54) is 16.2 Å². The lowest BCUT2D eigenvalue weighted by Crippen LogP contribution is -2.63. The van der Waals surface area contributed by atoms with Gasteiger partial charge < -0.3 is 26.2 Å². The first kappa shape index (κ1) is 19.4. The lowest BCUT2D eigenvalue weighted by molar-refractivity contribution is -0.688. The Kier molecular flexibility index (Phi) is 4.58. The highest BCUT2D eigenvalue weighted by atomic mass is 32.1. The second-order valence-corrected chi connectivity index (χ2v) is 8.39. The van der Waals surface area contributed by atoms with E-state index in [2.05, 4.69) is 5.32 Å². The number of fused-ring (bicyclic) bond motifs is 2. The Morgan fingerprint density at radius 2 is 2.17 bits per heavy atom. The summed E-state index contributed by atoms with van der Waals surface area (Å²) < 4.78 is 3.77. The molecule has 10 nitrogen and oxygen atoms in total. The number of carboxylic acid groups (broad SMARTS) is 1. The number of nitrogens with one attached hydrogen (secondary N) is 1. The van der Waals surface area contributed by atoms with Gasteiger partial charge in [0, 0.05) is 16.9 Å². The van der Waals surface area contributed by atoms with Crippen LogP contribution in [0.4, 0.5) is 4.79 Å². The maximum absolute atomic E-state index is 12.4. The lowest BCUT2D eigenvalue weighted by Gasteiger charge is -2.46. The van der Waals surface area contributed by atoms with Crippen molar-refractivity contribution in [2.75, 3.05) is 0 Å². The first-order valence-electron chi connectivity index (χ1n) is 9.19. The Labute approximate surface area is 169 Å².